The molecule has 0 saturated carbocycles. The van der Waals surface area contributed by atoms with Crippen molar-refractivity contribution in [3.8, 4) is 0 Å². The Kier molecular flexibility index (Phi) is 5.21. The van der Waals surface area contributed by atoms with Crippen LogP contribution >= 0.6 is 11.8 Å². The first-order valence-electron chi connectivity index (χ1n) is 8.36. The van der Waals surface area contributed by atoms with E-state index in [1.54, 1.807) is 11.8 Å². The first-order chi connectivity index (χ1) is 11.1. The number of piperidine rings is 1. The van der Waals surface area contributed by atoms with Crippen LogP contribution in [-0.2, 0) is 5.75 Å². The fourth-order valence-corrected chi connectivity index (χ4v) is 4.04. The second kappa shape index (κ2) is 7.35. The topological polar surface area (TPSA) is 29.0 Å². The van der Waals surface area contributed by atoms with Crippen LogP contribution in [0.2, 0.25) is 0 Å². The minimum atomic E-state index is 0.734. The minimum Gasteiger partial charge on any atom is -0.356 e. The summed E-state index contributed by atoms with van der Waals surface area (Å²) in [6.45, 7) is 8.98. The maximum absolute atomic E-state index is 4.78. The fourth-order valence-electron chi connectivity index (χ4n) is 3.26. The van der Waals surface area contributed by atoms with E-state index in [0.29, 0.717) is 0 Å². The van der Waals surface area contributed by atoms with E-state index in [-0.39, 0.29) is 0 Å². The van der Waals surface area contributed by atoms with Crippen molar-refractivity contribution in [1.82, 2.24) is 9.97 Å². The molecule has 0 N–H and O–H groups in total. The zero-order valence-electron chi connectivity index (χ0n) is 14.2. The van der Waals surface area contributed by atoms with Crippen LogP contribution in [0.15, 0.2) is 41.7 Å². The molecule has 1 aromatic heterocycles. The van der Waals surface area contributed by atoms with Gasteiger partial charge in [-0.25, -0.2) is 9.97 Å². The van der Waals surface area contributed by atoms with Gasteiger partial charge in [0.05, 0.1) is 0 Å². The van der Waals surface area contributed by atoms with Gasteiger partial charge in [-0.3, -0.25) is 0 Å². The maximum Gasteiger partial charge on any atom is 0.189 e. The predicted molar refractivity (Wildman–Crippen MR) is 97.9 cm³/mol. The van der Waals surface area contributed by atoms with Crippen LogP contribution in [-0.4, -0.2) is 23.1 Å². The Morgan fingerprint density at radius 3 is 2.48 bits per heavy atom. The van der Waals surface area contributed by atoms with Gasteiger partial charge in [-0.2, -0.15) is 0 Å². The maximum atomic E-state index is 4.78. The van der Waals surface area contributed by atoms with Crippen LogP contribution in [0.3, 0.4) is 0 Å². The number of benzene rings is 1. The number of thioether (sulfide) groups is 1. The highest BCUT2D eigenvalue weighted by Crippen LogP contribution is 2.26. The number of aryl methyl sites for hydroxylation is 1. The first-order valence-corrected chi connectivity index (χ1v) is 9.35. The SMILES string of the molecule is Cc1ccc(CSc2nccc(N3CC(C)CC(C)C3)n2)cc1. The van der Waals surface area contributed by atoms with E-state index in [0.717, 1.165) is 41.7 Å². The molecule has 3 rings (SSSR count). The van der Waals surface area contributed by atoms with Gasteiger partial charge >= 0.3 is 0 Å². The zero-order valence-corrected chi connectivity index (χ0v) is 15.0. The fraction of sp³-hybridized carbons (Fsp3) is 0.474. The molecule has 1 aliphatic rings. The van der Waals surface area contributed by atoms with Crippen molar-refractivity contribution in [1.29, 1.82) is 0 Å². The monoisotopic (exact) mass is 327 g/mol. The predicted octanol–water partition coefficient (Wildman–Crippen LogP) is 4.56. The van der Waals surface area contributed by atoms with Crippen molar-refractivity contribution >= 4 is 17.6 Å². The van der Waals surface area contributed by atoms with Gasteiger partial charge in [-0.05, 0) is 36.8 Å². The van der Waals surface area contributed by atoms with Crippen LogP contribution in [0.5, 0.6) is 0 Å². The number of hydrogen-bond acceptors (Lipinski definition) is 4. The molecule has 2 unspecified atom stereocenters. The third kappa shape index (κ3) is 4.47. The van der Waals surface area contributed by atoms with E-state index in [2.05, 4.69) is 54.9 Å². The van der Waals surface area contributed by atoms with Crippen molar-refractivity contribution in [3.05, 3.63) is 47.7 Å². The third-order valence-corrected chi connectivity index (χ3v) is 5.23. The molecule has 0 bridgehead atoms. The van der Waals surface area contributed by atoms with E-state index in [4.69, 9.17) is 4.98 Å². The molecule has 0 spiro atoms. The smallest absolute Gasteiger partial charge is 0.189 e. The lowest BCUT2D eigenvalue weighted by atomic mass is 9.92. The molecule has 1 saturated heterocycles. The molecule has 1 aromatic carbocycles. The number of rotatable bonds is 4. The zero-order chi connectivity index (χ0) is 16.2. The first kappa shape index (κ1) is 16.3. The van der Waals surface area contributed by atoms with Crippen LogP contribution < -0.4 is 4.90 Å². The van der Waals surface area contributed by atoms with E-state index >= 15 is 0 Å². The summed E-state index contributed by atoms with van der Waals surface area (Å²) in [6.07, 6.45) is 3.21. The Balaban J connectivity index is 1.66. The molecule has 0 radical (unpaired) electrons. The quantitative estimate of drug-likeness (QED) is 0.608. The van der Waals surface area contributed by atoms with E-state index in [1.807, 2.05) is 12.3 Å². The molecule has 4 heteroatoms. The number of nitrogens with zero attached hydrogens (tertiary/aromatic N) is 3. The molecule has 2 heterocycles. The summed E-state index contributed by atoms with van der Waals surface area (Å²) in [5, 5.41) is 0.869. The molecule has 23 heavy (non-hydrogen) atoms. The Hall–Kier alpha value is -1.55. The van der Waals surface area contributed by atoms with Gasteiger partial charge in [0.25, 0.3) is 0 Å². The summed E-state index contributed by atoms with van der Waals surface area (Å²) in [7, 11) is 0. The number of aromatic nitrogens is 2. The lowest BCUT2D eigenvalue weighted by Gasteiger charge is -2.35. The Morgan fingerprint density at radius 1 is 1.09 bits per heavy atom. The van der Waals surface area contributed by atoms with Gasteiger partial charge in [-0.1, -0.05) is 55.4 Å². The number of anilines is 1. The van der Waals surface area contributed by atoms with Gasteiger partial charge in [0.2, 0.25) is 0 Å². The highest BCUT2D eigenvalue weighted by atomic mass is 32.2. The molecule has 1 aliphatic heterocycles. The standard InChI is InChI=1S/C19H25N3S/c1-14-4-6-17(7-5-14)13-23-19-20-9-8-18(21-19)22-11-15(2)10-16(3)12-22/h4-9,15-16H,10-13H2,1-3H3. The van der Waals surface area contributed by atoms with Crippen LogP contribution in [0, 0.1) is 18.8 Å². The summed E-state index contributed by atoms with van der Waals surface area (Å²) in [4.78, 5) is 11.6. The second-order valence-electron chi connectivity index (χ2n) is 6.82. The highest BCUT2D eigenvalue weighted by molar-refractivity contribution is 7.98. The van der Waals surface area contributed by atoms with Crippen LogP contribution in [0.1, 0.15) is 31.4 Å². The lowest BCUT2D eigenvalue weighted by molar-refractivity contribution is 0.355. The average Bonchev–Trinajstić information content (AvgIpc) is 2.54. The third-order valence-electron chi connectivity index (χ3n) is 4.30. The lowest BCUT2D eigenvalue weighted by Crippen LogP contribution is -2.39. The molecule has 2 aromatic rings. The van der Waals surface area contributed by atoms with E-state index in [9.17, 15) is 0 Å². The van der Waals surface area contributed by atoms with Crippen molar-refractivity contribution in [2.24, 2.45) is 11.8 Å². The molecule has 3 nitrogen and oxygen atoms in total. The van der Waals surface area contributed by atoms with Crippen molar-refractivity contribution in [2.75, 3.05) is 18.0 Å². The average molecular weight is 327 g/mol. The van der Waals surface area contributed by atoms with Crippen LogP contribution in [0.25, 0.3) is 0 Å². The molecule has 122 valence electrons. The number of hydrogen-bond donors (Lipinski definition) is 0. The van der Waals surface area contributed by atoms with Gasteiger partial charge in [0.1, 0.15) is 5.82 Å². The van der Waals surface area contributed by atoms with Gasteiger partial charge < -0.3 is 4.90 Å². The largest absolute Gasteiger partial charge is 0.356 e. The van der Waals surface area contributed by atoms with E-state index in [1.165, 1.54) is 17.5 Å². The highest BCUT2D eigenvalue weighted by Gasteiger charge is 2.22. The summed E-state index contributed by atoms with van der Waals surface area (Å²) in [5.41, 5.74) is 2.61. The Bertz CT molecular complexity index is 631. The molecule has 0 amide bonds. The van der Waals surface area contributed by atoms with Crippen molar-refractivity contribution in [2.45, 2.75) is 38.1 Å². The van der Waals surface area contributed by atoms with Crippen LogP contribution in [0.4, 0.5) is 5.82 Å². The van der Waals surface area contributed by atoms with Gasteiger partial charge in [-0.15, -0.1) is 0 Å². The van der Waals surface area contributed by atoms with Gasteiger partial charge in [0.15, 0.2) is 5.16 Å². The molecule has 0 aliphatic carbocycles. The normalized spacial score (nSPS) is 21.4. The Morgan fingerprint density at radius 2 is 1.78 bits per heavy atom. The summed E-state index contributed by atoms with van der Waals surface area (Å²) in [5.74, 6) is 3.45. The minimum absolute atomic E-state index is 0.734. The Labute approximate surface area is 143 Å². The summed E-state index contributed by atoms with van der Waals surface area (Å²) in [6, 6.07) is 10.7. The van der Waals surface area contributed by atoms with E-state index < -0.39 is 0 Å². The molecular formula is C19H25N3S. The van der Waals surface area contributed by atoms with Gasteiger partial charge in [0, 0.05) is 25.0 Å². The van der Waals surface area contributed by atoms with Crippen molar-refractivity contribution in [3.63, 3.8) is 0 Å². The molecule has 2 atom stereocenters. The summed E-state index contributed by atoms with van der Waals surface area (Å²) < 4.78 is 0. The molecular weight excluding hydrogens is 302 g/mol. The summed E-state index contributed by atoms with van der Waals surface area (Å²) >= 11 is 1.71. The van der Waals surface area contributed by atoms with Crippen molar-refractivity contribution < 1.29 is 0 Å². The second-order valence-corrected chi connectivity index (χ2v) is 7.77. The molecule has 1 fully saturated rings.